The molecule has 0 radical (unpaired) electrons. The average Bonchev–Trinajstić information content (AvgIpc) is 3.25. The van der Waals surface area contributed by atoms with E-state index >= 15 is 0 Å². The quantitative estimate of drug-likeness (QED) is 0.0942. The van der Waals surface area contributed by atoms with Crippen LogP contribution in [0.3, 0.4) is 0 Å². The summed E-state index contributed by atoms with van der Waals surface area (Å²) in [6.07, 6.45) is 10.9. The van der Waals surface area contributed by atoms with E-state index in [1.54, 1.807) is 0 Å². The summed E-state index contributed by atoms with van der Waals surface area (Å²) >= 11 is 0. The zero-order chi connectivity index (χ0) is 30.0. The Kier molecular flexibility index (Phi) is 10.3. The fraction of sp³-hybridized carbons (Fsp3) is 0.879. The summed E-state index contributed by atoms with van der Waals surface area (Å²) in [5.41, 5.74) is 2.99. The van der Waals surface area contributed by atoms with Crippen LogP contribution in [0.2, 0.25) is 0 Å². The van der Waals surface area contributed by atoms with Crippen LogP contribution in [0.25, 0.3) is 0 Å². The van der Waals surface area contributed by atoms with Gasteiger partial charge in [0.25, 0.3) is 0 Å². The Morgan fingerprint density at radius 2 is 1.78 bits per heavy atom. The number of allylic oxidation sites excluding steroid dienone is 1. The van der Waals surface area contributed by atoms with E-state index in [2.05, 4.69) is 77.5 Å². The van der Waals surface area contributed by atoms with Gasteiger partial charge in [0.2, 0.25) is 0 Å². The van der Waals surface area contributed by atoms with Gasteiger partial charge in [-0.2, -0.15) is 0 Å². The van der Waals surface area contributed by atoms with Crippen molar-refractivity contribution in [2.75, 3.05) is 74.5 Å². The van der Waals surface area contributed by atoms with E-state index in [-0.39, 0.29) is 23.0 Å². The monoisotopic (exact) mass is 574 g/mol. The van der Waals surface area contributed by atoms with Crippen molar-refractivity contribution in [3.8, 4) is 0 Å². The van der Waals surface area contributed by atoms with Crippen molar-refractivity contribution < 1.29 is 19.2 Å². The largest absolute Gasteiger partial charge is 0.436 e. The number of nitrogens with one attached hydrogen (secondary N) is 1. The molecule has 7 atom stereocenters. The van der Waals surface area contributed by atoms with Crippen LogP contribution in [0, 0.1) is 34.5 Å². The smallest absolute Gasteiger partial charge is 0.389 e. The van der Waals surface area contributed by atoms with Crippen molar-refractivity contribution in [1.82, 2.24) is 15.1 Å². The summed E-state index contributed by atoms with van der Waals surface area (Å²) in [4.78, 5) is 22.9. The van der Waals surface area contributed by atoms with Crippen LogP contribution in [0.4, 0.5) is 4.79 Å². The minimum Gasteiger partial charge on any atom is -0.389 e. The van der Waals surface area contributed by atoms with E-state index in [1.807, 2.05) is 4.90 Å². The topological polar surface area (TPSA) is 77.4 Å². The van der Waals surface area contributed by atoms with Gasteiger partial charge in [0.1, 0.15) is 0 Å². The van der Waals surface area contributed by atoms with Gasteiger partial charge in [0.05, 0.1) is 46.0 Å². The van der Waals surface area contributed by atoms with Crippen LogP contribution in [0.5, 0.6) is 0 Å². The summed E-state index contributed by atoms with van der Waals surface area (Å²) < 4.78 is 0.793. The first-order valence-corrected chi connectivity index (χ1v) is 16.3. The molecule has 3 fully saturated rings. The van der Waals surface area contributed by atoms with Gasteiger partial charge in [-0.3, -0.25) is 9.74 Å². The highest BCUT2D eigenvalue weighted by molar-refractivity contribution is 5.85. The number of aliphatic hydroxyl groups is 1. The molecule has 0 heterocycles. The third-order valence-electron chi connectivity index (χ3n) is 11.5. The molecular weight excluding hydrogens is 514 g/mol. The number of aliphatic hydroxyl groups excluding tert-OH is 1. The summed E-state index contributed by atoms with van der Waals surface area (Å²) in [6.45, 7) is 11.8. The normalized spacial score (nSPS) is 35.4. The Morgan fingerprint density at radius 3 is 2.49 bits per heavy atom. The summed E-state index contributed by atoms with van der Waals surface area (Å²) in [6, 6.07) is 0. The third kappa shape index (κ3) is 7.36. The van der Waals surface area contributed by atoms with E-state index in [4.69, 9.17) is 4.84 Å². The molecule has 3 saturated carbocycles. The number of hydrogen-bond acceptors (Lipinski definition) is 6. The first kappa shape index (κ1) is 32.4. The second-order valence-electron chi connectivity index (χ2n) is 15.4. The minimum atomic E-state index is -0.338. The number of nitrogens with zero attached hydrogens (tertiary/aromatic N) is 4. The fourth-order valence-electron chi connectivity index (χ4n) is 8.99. The molecule has 0 saturated heterocycles. The molecule has 0 aromatic heterocycles. The Balaban J connectivity index is 1.39. The van der Waals surface area contributed by atoms with Gasteiger partial charge < -0.3 is 19.8 Å². The van der Waals surface area contributed by atoms with Crippen LogP contribution < -0.4 is 5.32 Å². The van der Waals surface area contributed by atoms with Crippen LogP contribution >= 0.6 is 0 Å². The number of rotatable bonds is 11. The average molecular weight is 575 g/mol. The van der Waals surface area contributed by atoms with Crippen molar-refractivity contribution in [2.45, 2.75) is 78.2 Å². The van der Waals surface area contributed by atoms with E-state index in [9.17, 15) is 9.90 Å². The number of hydrogen-bond donors (Lipinski definition) is 2. The Morgan fingerprint density at radius 1 is 1.05 bits per heavy atom. The van der Waals surface area contributed by atoms with E-state index in [0.29, 0.717) is 24.9 Å². The number of fused-ring (bicyclic) bond motifs is 5. The zero-order valence-electron chi connectivity index (χ0n) is 27.4. The van der Waals surface area contributed by atoms with Crippen LogP contribution in [-0.2, 0) is 4.84 Å². The molecule has 2 N–H and O–H groups in total. The highest BCUT2D eigenvalue weighted by atomic mass is 16.7. The van der Waals surface area contributed by atoms with Crippen LogP contribution in [-0.4, -0.2) is 112 Å². The van der Waals surface area contributed by atoms with E-state index in [0.717, 1.165) is 73.9 Å². The molecule has 0 aromatic carbocycles. The van der Waals surface area contributed by atoms with E-state index in [1.165, 1.54) is 31.3 Å². The van der Waals surface area contributed by atoms with Crippen molar-refractivity contribution in [3.05, 3.63) is 11.6 Å². The molecule has 8 heteroatoms. The van der Waals surface area contributed by atoms with Gasteiger partial charge in [-0.15, -0.1) is 0 Å². The van der Waals surface area contributed by atoms with Crippen molar-refractivity contribution in [3.63, 3.8) is 0 Å². The van der Waals surface area contributed by atoms with Gasteiger partial charge in [0.15, 0.2) is 0 Å². The summed E-state index contributed by atoms with van der Waals surface area (Å²) in [5, 5.41) is 18.2. The molecule has 8 nitrogen and oxygen atoms in total. The predicted octanol–water partition coefficient (Wildman–Crippen LogP) is 4.60. The van der Waals surface area contributed by atoms with Crippen molar-refractivity contribution >= 4 is 11.8 Å². The molecule has 41 heavy (non-hydrogen) atoms. The van der Waals surface area contributed by atoms with Gasteiger partial charge in [0, 0.05) is 32.1 Å². The van der Waals surface area contributed by atoms with Crippen LogP contribution in [0.15, 0.2) is 16.8 Å². The lowest BCUT2D eigenvalue weighted by Gasteiger charge is -2.58. The molecule has 0 aromatic rings. The number of amides is 1. The van der Waals surface area contributed by atoms with Crippen molar-refractivity contribution in [1.29, 1.82) is 0 Å². The van der Waals surface area contributed by atoms with Crippen LogP contribution in [0.1, 0.15) is 72.1 Å². The molecule has 4 aliphatic carbocycles. The maximum Gasteiger partial charge on any atom is 0.436 e. The molecule has 0 unspecified atom stereocenters. The molecule has 0 bridgehead atoms. The Bertz CT molecular complexity index is 974. The van der Waals surface area contributed by atoms with Gasteiger partial charge in [-0.1, -0.05) is 30.7 Å². The van der Waals surface area contributed by atoms with Gasteiger partial charge in [-0.05, 0) is 101 Å². The first-order chi connectivity index (χ1) is 19.2. The number of oxime groups is 1. The number of likely N-dealkylation sites (N-methyl/N-ethyl adjacent to an activating group) is 2. The zero-order valence-corrected chi connectivity index (χ0v) is 27.4. The number of carbonyl (C=O) groups is 1. The van der Waals surface area contributed by atoms with Crippen molar-refractivity contribution in [2.24, 2.45) is 39.7 Å². The molecule has 0 spiro atoms. The third-order valence-corrected chi connectivity index (χ3v) is 11.5. The van der Waals surface area contributed by atoms with Gasteiger partial charge in [-0.25, -0.2) is 4.79 Å². The summed E-state index contributed by atoms with van der Waals surface area (Å²) in [5.74, 6) is 2.54. The lowest BCUT2D eigenvalue weighted by atomic mass is 9.46. The summed E-state index contributed by atoms with van der Waals surface area (Å²) in [7, 11) is 10.6. The maximum atomic E-state index is 13.2. The predicted molar refractivity (Wildman–Crippen MR) is 167 cm³/mol. The molecule has 4 rings (SSSR count). The maximum absolute atomic E-state index is 13.2. The SMILES string of the molecule is C/C(=N\OC(=O)N(CCNCCN(C)C)CC[N+](C)(C)C)[C@H]1CC[C@H]2[C@@H]3CCC4=C[C@H](O)CC[C@]4(C)[C@H]3CC[C@]12C. The number of carbonyl (C=O) groups excluding carboxylic acids is 1. The lowest BCUT2D eigenvalue weighted by molar-refractivity contribution is -0.869. The number of quaternary nitrogens is 1. The van der Waals surface area contributed by atoms with E-state index < -0.39 is 0 Å². The second-order valence-corrected chi connectivity index (χ2v) is 15.4. The Hall–Kier alpha value is -1.48. The molecule has 1 amide bonds. The fourth-order valence-corrected chi connectivity index (χ4v) is 8.99. The minimum absolute atomic E-state index is 0.215. The molecular formula is C33H60N5O3+. The lowest BCUT2D eigenvalue weighted by Crippen LogP contribution is -2.51. The first-order valence-electron chi connectivity index (χ1n) is 16.3. The highest BCUT2D eigenvalue weighted by Gasteiger charge is 2.59. The molecule has 4 aliphatic rings. The Labute approximate surface area is 250 Å². The van der Waals surface area contributed by atoms with Gasteiger partial charge >= 0.3 is 6.09 Å². The standard InChI is InChI=1S/C33H60N5O3/c1-24(35-41-31(40)37(21-22-38(6,7)8)20-18-34-17-19-36(4)5)28-11-12-29-27-10-9-25-23-26(39)13-15-32(25,2)30(27)14-16-33(28,29)3/h23,26-30,34,39H,9-22H2,1-8H3/q+1/b35-24+/t26-,27+,28-,29+,30+,32+,33-/m1/s1. The molecule has 0 aliphatic heterocycles. The molecule has 234 valence electrons. The highest BCUT2D eigenvalue weighted by Crippen LogP contribution is 2.66. The second kappa shape index (κ2) is 13.0.